The second kappa shape index (κ2) is 8.24. The number of hydrogen-bond acceptors (Lipinski definition) is 3. The van der Waals surface area contributed by atoms with Crippen molar-refractivity contribution < 1.29 is 17.6 Å². The minimum absolute atomic E-state index is 0.0395. The molecule has 0 radical (unpaired) electrons. The summed E-state index contributed by atoms with van der Waals surface area (Å²) in [7, 11) is 1.93. The van der Waals surface area contributed by atoms with Crippen molar-refractivity contribution >= 4 is 0 Å². The smallest absolute Gasteiger partial charge is 0.314 e. The number of fused-ring (bicyclic) bond motifs is 1. The van der Waals surface area contributed by atoms with Crippen LogP contribution in [0.1, 0.15) is 36.2 Å². The number of aryl methyl sites for hydroxylation is 1. The topological polar surface area (TPSA) is 34.0 Å². The third-order valence-electron chi connectivity index (χ3n) is 7.20. The molecular weight excluding hydrogens is 432 g/mol. The zero-order chi connectivity index (χ0) is 23.2. The molecule has 0 N–H and O–H groups in total. The van der Waals surface area contributed by atoms with Crippen molar-refractivity contribution in [1.82, 2.24) is 19.7 Å². The molecule has 0 spiro atoms. The Balaban J connectivity index is 1.12. The molecule has 0 amide bonds. The summed E-state index contributed by atoms with van der Waals surface area (Å²) in [5.74, 6) is 1.90. The molecule has 174 valence electrons. The van der Waals surface area contributed by atoms with Crippen LogP contribution in [0, 0.1) is 11.7 Å². The van der Waals surface area contributed by atoms with Crippen molar-refractivity contribution in [2.75, 3.05) is 19.6 Å². The number of nitrogens with zero attached hydrogens (tertiary/aromatic N) is 4. The van der Waals surface area contributed by atoms with E-state index in [2.05, 4.69) is 15.1 Å². The molecule has 3 aromatic rings. The van der Waals surface area contributed by atoms with Gasteiger partial charge in [-0.3, -0.25) is 0 Å². The van der Waals surface area contributed by atoms with Gasteiger partial charge in [0.1, 0.15) is 11.6 Å². The fourth-order valence-electron chi connectivity index (χ4n) is 5.24. The monoisotopic (exact) mass is 458 g/mol. The van der Waals surface area contributed by atoms with Gasteiger partial charge in [-0.05, 0) is 73.7 Å². The molecule has 5 rings (SSSR count). The van der Waals surface area contributed by atoms with Crippen LogP contribution in [0.15, 0.2) is 48.5 Å². The predicted octanol–water partition coefficient (Wildman–Crippen LogP) is 5.24. The van der Waals surface area contributed by atoms with E-state index >= 15 is 0 Å². The summed E-state index contributed by atoms with van der Waals surface area (Å²) >= 11 is 0. The highest BCUT2D eigenvalue weighted by Crippen LogP contribution is 2.59. The van der Waals surface area contributed by atoms with Crippen LogP contribution in [0.4, 0.5) is 17.6 Å². The van der Waals surface area contributed by atoms with E-state index < -0.39 is 11.7 Å². The van der Waals surface area contributed by atoms with E-state index in [1.807, 2.05) is 11.6 Å². The Kier molecular flexibility index (Phi) is 5.51. The first-order valence-corrected chi connectivity index (χ1v) is 11.3. The van der Waals surface area contributed by atoms with E-state index in [9.17, 15) is 17.6 Å². The van der Waals surface area contributed by atoms with Crippen molar-refractivity contribution in [2.45, 2.75) is 37.3 Å². The first kappa shape index (κ1) is 22.1. The molecule has 1 saturated heterocycles. The van der Waals surface area contributed by atoms with Gasteiger partial charge >= 0.3 is 6.18 Å². The summed E-state index contributed by atoms with van der Waals surface area (Å²) in [4.78, 5) is 2.44. The van der Waals surface area contributed by atoms with Gasteiger partial charge in [0.15, 0.2) is 5.82 Å². The molecule has 2 atom stereocenters. The normalized spacial score (nSPS) is 22.5. The predicted molar refractivity (Wildman–Crippen MR) is 117 cm³/mol. The largest absolute Gasteiger partial charge is 0.416 e. The summed E-state index contributed by atoms with van der Waals surface area (Å²) in [6.45, 7) is 2.91. The third kappa shape index (κ3) is 4.28. The van der Waals surface area contributed by atoms with Crippen LogP contribution < -0.4 is 0 Å². The van der Waals surface area contributed by atoms with E-state index in [4.69, 9.17) is 0 Å². The van der Waals surface area contributed by atoms with Gasteiger partial charge in [0, 0.05) is 37.5 Å². The first-order valence-electron chi connectivity index (χ1n) is 11.3. The second-order valence-electron chi connectivity index (χ2n) is 9.33. The van der Waals surface area contributed by atoms with Gasteiger partial charge in [-0.1, -0.05) is 12.1 Å². The number of aromatic nitrogens is 3. The fourth-order valence-corrected chi connectivity index (χ4v) is 5.24. The standard InChI is InChI=1S/C25H26F4N4/c1-32-22(30-31-23(32)17-5-11-21(26)12-6-17)4-2-3-13-33-15-20-14-24(20,16-33)18-7-9-19(10-8-18)25(27,28)29/h5-12,20H,2-4,13-16H2,1H3/t20-,24+/m0/s1. The number of piperidine rings is 1. The van der Waals surface area contributed by atoms with Gasteiger partial charge in [-0.15, -0.1) is 10.2 Å². The van der Waals surface area contributed by atoms with Crippen LogP contribution in [0.25, 0.3) is 11.4 Å². The zero-order valence-corrected chi connectivity index (χ0v) is 18.4. The lowest BCUT2D eigenvalue weighted by molar-refractivity contribution is -0.137. The van der Waals surface area contributed by atoms with E-state index in [0.717, 1.165) is 68.1 Å². The Morgan fingerprint density at radius 1 is 1.00 bits per heavy atom. The van der Waals surface area contributed by atoms with Crippen molar-refractivity contribution in [2.24, 2.45) is 13.0 Å². The molecule has 2 heterocycles. The van der Waals surface area contributed by atoms with E-state index in [0.29, 0.717) is 5.92 Å². The van der Waals surface area contributed by atoms with Gasteiger partial charge in [0.05, 0.1) is 5.56 Å². The summed E-state index contributed by atoms with van der Waals surface area (Å²) in [5.41, 5.74) is 1.33. The molecule has 33 heavy (non-hydrogen) atoms. The minimum Gasteiger partial charge on any atom is -0.314 e. The Bertz CT molecular complexity index is 1120. The molecule has 1 aliphatic carbocycles. The number of rotatable bonds is 7. The summed E-state index contributed by atoms with van der Waals surface area (Å²) < 4.78 is 53.7. The molecule has 1 aromatic heterocycles. The highest BCUT2D eigenvalue weighted by molar-refractivity contribution is 5.55. The Morgan fingerprint density at radius 2 is 1.73 bits per heavy atom. The van der Waals surface area contributed by atoms with Crippen LogP contribution in [-0.2, 0) is 25.1 Å². The average molecular weight is 459 g/mol. The van der Waals surface area contributed by atoms with Crippen LogP contribution in [0.5, 0.6) is 0 Å². The quantitative estimate of drug-likeness (QED) is 0.359. The molecule has 1 saturated carbocycles. The van der Waals surface area contributed by atoms with Gasteiger partial charge in [0.2, 0.25) is 0 Å². The van der Waals surface area contributed by atoms with Crippen molar-refractivity contribution in [1.29, 1.82) is 0 Å². The summed E-state index contributed by atoms with van der Waals surface area (Å²) in [5, 5.41) is 8.56. The number of likely N-dealkylation sites (tertiary alicyclic amines) is 1. The van der Waals surface area contributed by atoms with Gasteiger partial charge < -0.3 is 9.47 Å². The maximum absolute atomic E-state index is 13.2. The molecule has 0 unspecified atom stereocenters. The molecule has 1 aliphatic heterocycles. The number of hydrogen-bond donors (Lipinski definition) is 0. The lowest BCUT2D eigenvalue weighted by atomic mass is 9.94. The first-order chi connectivity index (χ1) is 15.8. The number of halogens is 4. The lowest BCUT2D eigenvalue weighted by Gasteiger charge is -2.21. The third-order valence-corrected chi connectivity index (χ3v) is 7.20. The number of alkyl halides is 3. The van der Waals surface area contributed by atoms with Crippen molar-refractivity contribution in [3.63, 3.8) is 0 Å². The molecule has 4 nitrogen and oxygen atoms in total. The van der Waals surface area contributed by atoms with Gasteiger partial charge in [0.25, 0.3) is 0 Å². The van der Waals surface area contributed by atoms with E-state index in [1.54, 1.807) is 24.3 Å². The Hall–Kier alpha value is -2.74. The SMILES string of the molecule is Cn1c(CCCCN2C[C@@H]3C[C@]3(c3ccc(C(F)(F)F)cc3)C2)nnc1-c1ccc(F)cc1. The van der Waals surface area contributed by atoms with Crippen LogP contribution >= 0.6 is 0 Å². The fraction of sp³-hybridized carbons (Fsp3) is 0.440. The van der Waals surface area contributed by atoms with Crippen molar-refractivity contribution in [3.8, 4) is 11.4 Å². The van der Waals surface area contributed by atoms with Crippen LogP contribution in [-0.4, -0.2) is 39.3 Å². The molecule has 2 aromatic carbocycles. The molecule has 2 fully saturated rings. The highest BCUT2D eigenvalue weighted by atomic mass is 19.4. The molecule has 2 aliphatic rings. The highest BCUT2D eigenvalue weighted by Gasteiger charge is 2.60. The number of benzene rings is 2. The minimum atomic E-state index is -4.29. The van der Waals surface area contributed by atoms with Crippen LogP contribution in [0.3, 0.4) is 0 Å². The lowest BCUT2D eigenvalue weighted by Crippen LogP contribution is -2.27. The summed E-state index contributed by atoms with van der Waals surface area (Å²) in [6, 6.07) is 12.0. The molecule has 8 heteroatoms. The maximum atomic E-state index is 13.2. The second-order valence-corrected chi connectivity index (χ2v) is 9.33. The van der Waals surface area contributed by atoms with Crippen LogP contribution in [0.2, 0.25) is 0 Å². The maximum Gasteiger partial charge on any atom is 0.416 e. The van der Waals surface area contributed by atoms with Gasteiger partial charge in [-0.2, -0.15) is 13.2 Å². The molecular formula is C25H26F4N4. The summed E-state index contributed by atoms with van der Waals surface area (Å²) in [6.07, 6.45) is -0.409. The Labute approximate surface area is 190 Å². The molecule has 0 bridgehead atoms. The average Bonchev–Trinajstić information content (AvgIpc) is 3.16. The van der Waals surface area contributed by atoms with Crippen molar-refractivity contribution in [3.05, 3.63) is 71.3 Å². The number of unbranched alkanes of at least 4 members (excludes halogenated alkanes) is 1. The Morgan fingerprint density at radius 3 is 2.42 bits per heavy atom. The van der Waals surface area contributed by atoms with Gasteiger partial charge in [-0.25, -0.2) is 4.39 Å². The van der Waals surface area contributed by atoms with E-state index in [1.165, 1.54) is 24.3 Å². The zero-order valence-electron chi connectivity index (χ0n) is 18.4. The van der Waals surface area contributed by atoms with E-state index in [-0.39, 0.29) is 11.2 Å².